The molecule has 4 rings (SSSR count). The summed E-state index contributed by atoms with van der Waals surface area (Å²) in [5, 5.41) is 8.74. The Morgan fingerprint density at radius 2 is 1.43 bits per heavy atom. The second-order valence-corrected chi connectivity index (χ2v) is 16.7. The molecule has 5 atom stereocenters. The summed E-state index contributed by atoms with van der Waals surface area (Å²) in [6.07, 6.45) is 6.57. The number of nitrogens with one attached hydrogen (secondary N) is 3. The number of terminal acetylenes is 1. The minimum atomic E-state index is -1.24. The van der Waals surface area contributed by atoms with Crippen molar-refractivity contribution in [3.63, 3.8) is 0 Å². The molecule has 0 aliphatic carbocycles. The summed E-state index contributed by atoms with van der Waals surface area (Å²) in [7, 11) is 0. The molecule has 0 radical (unpaired) electrons. The molecule has 2 aliphatic heterocycles. The summed E-state index contributed by atoms with van der Waals surface area (Å²) < 4.78 is 16.5. The van der Waals surface area contributed by atoms with Gasteiger partial charge in [-0.3, -0.25) is 38.6 Å². The minimum Gasteiger partial charge on any atom is -0.444 e. The molecule has 326 valence electrons. The smallest absolute Gasteiger partial charge is 0.308 e. The topological polar surface area (TPSA) is 176 Å². The number of carbonyl (C=O) groups is 6. The Labute approximate surface area is 354 Å². The average Bonchev–Trinajstić information content (AvgIpc) is 3.98. The van der Waals surface area contributed by atoms with Gasteiger partial charge in [-0.1, -0.05) is 88.4 Å². The molecule has 60 heavy (non-hydrogen) atoms. The molecule has 0 aromatic heterocycles. The van der Waals surface area contributed by atoms with Crippen LogP contribution in [0.5, 0.6) is 0 Å². The zero-order valence-electron chi connectivity index (χ0n) is 35.8. The third kappa shape index (κ3) is 15.5. The van der Waals surface area contributed by atoms with E-state index in [1.807, 2.05) is 93.3 Å². The van der Waals surface area contributed by atoms with Crippen molar-refractivity contribution in [1.82, 2.24) is 25.8 Å². The fraction of sp³-hybridized carbons (Fsp3) is 0.565. The summed E-state index contributed by atoms with van der Waals surface area (Å²) in [5.74, 6) is -0.845. The maximum absolute atomic E-state index is 14.9. The first-order valence-corrected chi connectivity index (χ1v) is 21.0. The largest absolute Gasteiger partial charge is 0.444 e. The lowest BCUT2D eigenvalue weighted by Crippen LogP contribution is -2.60. The predicted molar refractivity (Wildman–Crippen MR) is 226 cm³/mol. The molecule has 4 amide bonds. The van der Waals surface area contributed by atoms with Gasteiger partial charge < -0.3 is 30.2 Å². The van der Waals surface area contributed by atoms with Crippen LogP contribution in [0.25, 0.3) is 0 Å². The van der Waals surface area contributed by atoms with Crippen LogP contribution in [-0.4, -0.2) is 121 Å². The first-order valence-electron chi connectivity index (χ1n) is 21.0. The van der Waals surface area contributed by atoms with E-state index in [1.54, 1.807) is 6.92 Å². The molecule has 2 fully saturated rings. The van der Waals surface area contributed by atoms with Crippen molar-refractivity contribution in [3.05, 3.63) is 71.8 Å². The van der Waals surface area contributed by atoms with E-state index >= 15 is 0 Å². The number of rotatable bonds is 24. The number of nitrogens with zero attached hydrogens (tertiary/aromatic N) is 2. The number of epoxide rings is 1. The van der Waals surface area contributed by atoms with Crippen molar-refractivity contribution >= 4 is 35.4 Å². The van der Waals surface area contributed by atoms with Gasteiger partial charge in [-0.2, -0.15) is 0 Å². The predicted octanol–water partition coefficient (Wildman–Crippen LogP) is 3.21. The quantitative estimate of drug-likeness (QED) is 0.0617. The van der Waals surface area contributed by atoms with E-state index in [2.05, 4.69) is 21.9 Å². The molecular formula is C46H63N5O9. The molecule has 5 unspecified atom stereocenters. The minimum absolute atomic E-state index is 0.0390. The van der Waals surface area contributed by atoms with E-state index in [-0.39, 0.29) is 68.8 Å². The van der Waals surface area contributed by atoms with E-state index in [4.69, 9.17) is 20.6 Å². The number of ether oxygens (including phenoxy) is 3. The third-order valence-electron chi connectivity index (χ3n) is 10.5. The molecule has 14 heteroatoms. The van der Waals surface area contributed by atoms with Crippen molar-refractivity contribution in [2.45, 2.75) is 109 Å². The van der Waals surface area contributed by atoms with Crippen molar-refractivity contribution in [1.29, 1.82) is 0 Å². The Hall–Kier alpha value is -5.10. The number of aryl methyl sites for hydroxylation is 1. The summed E-state index contributed by atoms with van der Waals surface area (Å²) in [5.41, 5.74) is 0.704. The van der Waals surface area contributed by atoms with E-state index in [0.29, 0.717) is 39.1 Å². The van der Waals surface area contributed by atoms with E-state index in [1.165, 1.54) is 4.90 Å². The van der Waals surface area contributed by atoms with Crippen LogP contribution in [0, 0.1) is 24.2 Å². The Bertz CT molecular complexity index is 1770. The molecular weight excluding hydrogens is 767 g/mol. The van der Waals surface area contributed by atoms with Crippen LogP contribution >= 0.6 is 0 Å². The van der Waals surface area contributed by atoms with Crippen LogP contribution in [0.4, 0.5) is 0 Å². The number of carbonyl (C=O) groups excluding carboxylic acids is 6. The van der Waals surface area contributed by atoms with Gasteiger partial charge in [-0.05, 0) is 55.6 Å². The molecule has 0 spiro atoms. The Morgan fingerprint density at radius 1 is 0.833 bits per heavy atom. The normalized spacial score (nSPS) is 18.3. The second kappa shape index (κ2) is 23.6. The number of hydrogen-bond donors (Lipinski definition) is 3. The van der Waals surface area contributed by atoms with Crippen LogP contribution in [0.3, 0.4) is 0 Å². The first-order chi connectivity index (χ1) is 28.7. The zero-order chi connectivity index (χ0) is 43.7. The van der Waals surface area contributed by atoms with E-state index in [9.17, 15) is 28.8 Å². The van der Waals surface area contributed by atoms with Gasteiger partial charge >= 0.3 is 5.97 Å². The maximum atomic E-state index is 14.9. The van der Waals surface area contributed by atoms with Gasteiger partial charge in [-0.15, -0.1) is 12.3 Å². The van der Waals surface area contributed by atoms with Gasteiger partial charge in [0.05, 0.1) is 38.8 Å². The van der Waals surface area contributed by atoms with E-state index in [0.717, 1.165) is 11.1 Å². The lowest BCUT2D eigenvalue weighted by atomic mass is 9.93. The fourth-order valence-electron chi connectivity index (χ4n) is 7.05. The fourth-order valence-corrected chi connectivity index (χ4v) is 7.05. The molecule has 14 nitrogen and oxygen atoms in total. The summed E-state index contributed by atoms with van der Waals surface area (Å²) in [6.45, 7) is 11.1. The third-order valence-corrected chi connectivity index (χ3v) is 10.5. The van der Waals surface area contributed by atoms with Crippen molar-refractivity contribution < 1.29 is 43.0 Å². The number of ketones is 1. The van der Waals surface area contributed by atoms with Crippen LogP contribution in [0.1, 0.15) is 77.8 Å². The summed E-state index contributed by atoms with van der Waals surface area (Å²) in [4.78, 5) is 87.0. The second-order valence-electron chi connectivity index (χ2n) is 16.7. The van der Waals surface area contributed by atoms with Crippen LogP contribution in [0.15, 0.2) is 60.7 Å². The highest BCUT2D eigenvalue weighted by Crippen LogP contribution is 2.30. The summed E-state index contributed by atoms with van der Waals surface area (Å²) in [6, 6.07) is 14.3. The molecule has 0 bridgehead atoms. The lowest BCUT2D eigenvalue weighted by Gasteiger charge is -2.35. The summed E-state index contributed by atoms with van der Waals surface area (Å²) >= 11 is 0. The highest BCUT2D eigenvalue weighted by atomic mass is 16.6. The number of amides is 4. The standard InChI is InChI=1S/C46H63N5O9/c1-7-8-19-41(53)59-31-51(45(57)36(21-20-34-15-11-9-12-16-34)47-40(52)29-50-22-24-58-25-23-50)39(27-33(4)5)44(56)49-38(28-35-17-13-10-14-18-35)43(55)48-37(26-32(2)3)42(54)46(6)30-60-46/h1,9-18,32-33,36-39H,8,19-31H2,2-6H3,(H,47,52)(H,48,55)(H,49,56). The highest BCUT2D eigenvalue weighted by molar-refractivity contribution is 5.99. The Morgan fingerprint density at radius 3 is 2.02 bits per heavy atom. The molecule has 2 aromatic carbocycles. The van der Waals surface area contributed by atoms with Gasteiger partial charge in [0.25, 0.3) is 0 Å². The molecule has 2 heterocycles. The monoisotopic (exact) mass is 829 g/mol. The Balaban J connectivity index is 1.68. The number of benzene rings is 2. The first kappa shape index (κ1) is 47.6. The number of esters is 1. The molecule has 3 N–H and O–H groups in total. The van der Waals surface area contributed by atoms with Gasteiger partial charge in [-0.25, -0.2) is 0 Å². The van der Waals surface area contributed by atoms with Gasteiger partial charge in [0.15, 0.2) is 12.5 Å². The molecule has 2 aliphatic rings. The molecule has 2 aromatic rings. The molecule has 2 saturated heterocycles. The van der Waals surface area contributed by atoms with Crippen LogP contribution in [-0.2, 0) is 55.8 Å². The van der Waals surface area contributed by atoms with Crippen molar-refractivity contribution in [2.24, 2.45) is 11.8 Å². The van der Waals surface area contributed by atoms with Gasteiger partial charge in [0, 0.05) is 25.9 Å². The van der Waals surface area contributed by atoms with Crippen molar-refractivity contribution in [2.75, 3.05) is 46.2 Å². The van der Waals surface area contributed by atoms with Crippen LogP contribution < -0.4 is 16.0 Å². The average molecular weight is 830 g/mol. The van der Waals surface area contributed by atoms with Crippen LogP contribution in [0.2, 0.25) is 0 Å². The lowest BCUT2D eigenvalue weighted by molar-refractivity contribution is -0.160. The SMILES string of the molecule is C#CCCC(=O)OCN(C(=O)C(CCc1ccccc1)NC(=O)CN1CCOCC1)C(CC(C)C)C(=O)NC(Cc1ccccc1)C(=O)NC(CC(C)C)C(=O)C1(C)CO1. The van der Waals surface area contributed by atoms with Gasteiger partial charge in [0.1, 0.15) is 23.7 Å². The highest BCUT2D eigenvalue weighted by Gasteiger charge is 2.50. The van der Waals surface area contributed by atoms with Gasteiger partial charge in [0.2, 0.25) is 23.6 Å². The van der Waals surface area contributed by atoms with E-state index < -0.39 is 60.2 Å². The zero-order valence-corrected chi connectivity index (χ0v) is 35.8. The number of hydrogen-bond acceptors (Lipinski definition) is 10. The number of morpholine rings is 1. The molecule has 0 saturated carbocycles. The van der Waals surface area contributed by atoms with Crippen molar-refractivity contribution in [3.8, 4) is 12.3 Å². The number of Topliss-reactive ketones (excluding diaryl/α,β-unsaturated/α-hetero) is 1. The Kier molecular flexibility index (Phi) is 18.7. The maximum Gasteiger partial charge on any atom is 0.308 e.